The second-order valence-corrected chi connectivity index (χ2v) is 0. The minimum atomic E-state index is 0. The van der Waals surface area contributed by atoms with Crippen molar-refractivity contribution in [1.82, 2.24) is 0 Å². The molecule has 0 atom stereocenters. The zero-order valence-corrected chi connectivity index (χ0v) is 9.19. The average Bonchev–Trinajstić information content (AvgIpc) is 0. The van der Waals surface area contributed by atoms with Gasteiger partial charge in [-0.25, -0.2) is 0 Å². The first-order chi connectivity index (χ1) is 0. The summed E-state index contributed by atoms with van der Waals surface area (Å²) in [7, 11) is 0. The van der Waals surface area contributed by atoms with Crippen LogP contribution in [0.1, 0.15) is 0 Å². The van der Waals surface area contributed by atoms with Crippen LogP contribution in [0.4, 0.5) is 0 Å². The molecule has 4 heteroatoms. The minimum Gasteiger partial charge on any atom is -2.00 e. The molecule has 0 aromatic heterocycles. The van der Waals surface area contributed by atoms with Gasteiger partial charge in [-0.15, -0.1) is 0 Å². The van der Waals surface area contributed by atoms with Gasteiger partial charge in [-0.1, -0.05) is 0 Å². The van der Waals surface area contributed by atoms with Crippen LogP contribution in [0.3, 0.4) is 0 Å². The summed E-state index contributed by atoms with van der Waals surface area (Å²) >= 11 is 0. The predicted molar refractivity (Wildman–Crippen MR) is 1.37 cm³/mol. The summed E-state index contributed by atoms with van der Waals surface area (Å²) in [5, 5.41) is 0. The molecule has 0 aromatic carbocycles. The Morgan fingerprint density at radius 3 is 0.750 bits per heavy atom. The summed E-state index contributed by atoms with van der Waals surface area (Å²) in [6.45, 7) is 0. The molecule has 1 radical (unpaired) electrons. The maximum absolute atomic E-state index is 0. The van der Waals surface area contributed by atoms with E-state index < -0.39 is 0 Å². The first-order valence-corrected chi connectivity index (χ1v) is 0. The Hall–Kier alpha value is 2.32. The van der Waals surface area contributed by atoms with Crippen LogP contribution in [-0.4, -0.2) is 0 Å². The van der Waals surface area contributed by atoms with Crippen molar-refractivity contribution >= 4 is 0 Å². The normalized spacial score (nSPS) is 0. The van der Waals surface area contributed by atoms with Crippen molar-refractivity contribution in [1.29, 1.82) is 0 Å². The Bertz CT molecular complexity index is 6.00. The molecular formula is NdO2U-. The topological polar surface area (TPSA) is 57.0 Å². The number of hydrogen-bond donors (Lipinski definition) is 0. The largest absolute Gasteiger partial charge is 3.00 e. The summed E-state index contributed by atoms with van der Waals surface area (Å²) in [6, 6.07) is 0. The van der Waals surface area contributed by atoms with Crippen LogP contribution >= 0.6 is 0 Å². The van der Waals surface area contributed by atoms with Gasteiger partial charge >= 0.3 is 40.8 Å². The van der Waals surface area contributed by atoms with Crippen LogP contribution in [0, 0.1) is 72.0 Å². The average molecular weight is 414 g/mol. The third kappa shape index (κ3) is 8.85. The fourth-order valence-electron chi connectivity index (χ4n) is 0. The molecule has 0 unspecified atom stereocenters. The van der Waals surface area contributed by atoms with E-state index in [2.05, 4.69) is 0 Å². The van der Waals surface area contributed by atoms with Crippen LogP contribution in [0.15, 0.2) is 0 Å². The number of hydrogen-bond acceptors (Lipinski definition) is 0. The molecule has 2 nitrogen and oxygen atoms in total. The van der Waals surface area contributed by atoms with E-state index in [-0.39, 0.29) is 82.9 Å². The number of rotatable bonds is 0. The molecule has 0 rings (SSSR count). The molecule has 0 heterocycles. The maximum Gasteiger partial charge on any atom is 3.00 e. The smallest absolute Gasteiger partial charge is 2.00 e. The Kier molecular flexibility index (Phi) is 153. The second-order valence-electron chi connectivity index (χ2n) is 0. The zero-order chi connectivity index (χ0) is 0. The van der Waals surface area contributed by atoms with Gasteiger partial charge in [0.15, 0.2) is 0 Å². The van der Waals surface area contributed by atoms with E-state index in [4.69, 9.17) is 0 Å². The summed E-state index contributed by atoms with van der Waals surface area (Å²) in [4.78, 5) is 0. The van der Waals surface area contributed by atoms with Crippen LogP contribution in [0.25, 0.3) is 0 Å². The van der Waals surface area contributed by atoms with Crippen molar-refractivity contribution in [3.8, 4) is 0 Å². The van der Waals surface area contributed by atoms with E-state index in [0.717, 1.165) is 0 Å². The molecule has 0 aliphatic heterocycles. The molecular weight excluding hydrogens is 414 g/mol. The fourth-order valence-corrected chi connectivity index (χ4v) is 0. The first kappa shape index (κ1) is 33.2. The molecule has 0 saturated heterocycles. The third-order valence-electron chi connectivity index (χ3n) is 0. The standard InChI is InChI=1S/Nd.2O.U/q+3;2*-2;. The van der Waals surface area contributed by atoms with Gasteiger partial charge in [0.2, 0.25) is 0 Å². The van der Waals surface area contributed by atoms with E-state index >= 15 is 0 Å². The minimum absolute atomic E-state index is 0. The SMILES string of the molecule is [Nd+3].[O-2].[O-2].[U]. The molecule has 0 aromatic rings. The second kappa shape index (κ2) is 18.4. The van der Waals surface area contributed by atoms with Crippen LogP contribution in [0.2, 0.25) is 0 Å². The van der Waals surface area contributed by atoms with E-state index in [1.165, 1.54) is 0 Å². The van der Waals surface area contributed by atoms with Crippen molar-refractivity contribution in [3.05, 3.63) is 0 Å². The van der Waals surface area contributed by atoms with E-state index in [9.17, 15) is 0 Å². The van der Waals surface area contributed by atoms with Crippen LogP contribution in [-0.2, 0) is 11.0 Å². The molecule has 0 aliphatic rings. The molecule has 0 spiro atoms. The Labute approximate surface area is 81.2 Å². The van der Waals surface area contributed by atoms with Gasteiger partial charge in [-0.3, -0.25) is 0 Å². The first-order valence-electron chi connectivity index (χ1n) is 0. The van der Waals surface area contributed by atoms with E-state index in [0.29, 0.717) is 0 Å². The quantitative estimate of drug-likeness (QED) is 0.526. The van der Waals surface area contributed by atoms with Gasteiger partial charge in [0.1, 0.15) is 0 Å². The zero-order valence-electron chi connectivity index (χ0n) is 1.82. The maximum atomic E-state index is 0. The van der Waals surface area contributed by atoms with Crippen molar-refractivity contribution in [2.75, 3.05) is 0 Å². The summed E-state index contributed by atoms with van der Waals surface area (Å²) in [6.07, 6.45) is 0. The Morgan fingerprint density at radius 2 is 0.750 bits per heavy atom. The summed E-state index contributed by atoms with van der Waals surface area (Å²) in [5.41, 5.74) is 0. The van der Waals surface area contributed by atoms with Crippen molar-refractivity contribution in [3.63, 3.8) is 0 Å². The van der Waals surface area contributed by atoms with Gasteiger partial charge in [0, 0.05) is 31.1 Å². The van der Waals surface area contributed by atoms with Crippen LogP contribution < -0.4 is 0 Å². The van der Waals surface area contributed by atoms with Gasteiger partial charge in [-0.05, 0) is 0 Å². The molecule has 0 bridgehead atoms. The fraction of sp³-hybridized carbons (Fsp3) is 0. The molecule has 0 saturated carbocycles. The van der Waals surface area contributed by atoms with E-state index in [1.54, 1.807) is 0 Å². The third-order valence-corrected chi connectivity index (χ3v) is 0. The Balaban J connectivity index is 0. The molecule has 21 valence electrons. The summed E-state index contributed by atoms with van der Waals surface area (Å²) in [5.74, 6) is 0. The molecule has 4 heavy (non-hydrogen) atoms. The predicted octanol–water partition coefficient (Wildman–Crippen LogP) is -0.238. The summed E-state index contributed by atoms with van der Waals surface area (Å²) < 4.78 is 0. The molecule has 0 N–H and O–H groups in total. The Morgan fingerprint density at radius 1 is 0.750 bits per heavy atom. The van der Waals surface area contributed by atoms with Crippen molar-refractivity contribution in [2.24, 2.45) is 0 Å². The van der Waals surface area contributed by atoms with Gasteiger partial charge in [-0.2, -0.15) is 0 Å². The van der Waals surface area contributed by atoms with Crippen molar-refractivity contribution in [2.45, 2.75) is 0 Å². The molecule has 0 aliphatic carbocycles. The van der Waals surface area contributed by atoms with Gasteiger partial charge in [0.05, 0.1) is 0 Å². The van der Waals surface area contributed by atoms with E-state index in [1.807, 2.05) is 0 Å². The van der Waals surface area contributed by atoms with Gasteiger partial charge in [0.25, 0.3) is 0 Å². The van der Waals surface area contributed by atoms with Crippen molar-refractivity contribution < 1.29 is 82.9 Å². The monoisotopic (exact) mass is 412 g/mol. The molecule has 0 amide bonds. The van der Waals surface area contributed by atoms with Crippen LogP contribution in [0.5, 0.6) is 0 Å². The van der Waals surface area contributed by atoms with Gasteiger partial charge < -0.3 is 11.0 Å². The molecule has 0 fully saturated rings.